The topological polar surface area (TPSA) is 57.6 Å². The van der Waals surface area contributed by atoms with Gasteiger partial charge in [0.05, 0.1) is 6.61 Å². The van der Waals surface area contributed by atoms with Gasteiger partial charge in [0.15, 0.2) is 0 Å². The predicted molar refractivity (Wildman–Crippen MR) is 64.4 cm³/mol. The Hall–Kier alpha value is -1.18. The van der Waals surface area contributed by atoms with Crippen molar-refractivity contribution in [3.05, 3.63) is 0 Å². The fraction of sp³-hybridized carbons (Fsp3) is 1.00. The number of hydrogen-bond donors (Lipinski definition) is 1. The Kier molecular flexibility index (Phi) is 7.16. The second-order valence-electron chi connectivity index (χ2n) is 5.44. The summed E-state index contributed by atoms with van der Waals surface area (Å²) in [6.45, 7) is -3.00. The third-order valence-corrected chi connectivity index (χ3v) is 5.36. The molecule has 30 heavy (non-hydrogen) atoms. The van der Waals surface area contributed by atoms with E-state index >= 15 is 0 Å². The van der Waals surface area contributed by atoms with Gasteiger partial charge in [0, 0.05) is 13.6 Å². The normalized spacial score (nSPS) is 16.3. The molecule has 0 heterocycles. The van der Waals surface area contributed by atoms with Crippen molar-refractivity contribution in [2.45, 2.75) is 41.0 Å². The van der Waals surface area contributed by atoms with Gasteiger partial charge in [-0.25, -0.2) is 8.42 Å². The third kappa shape index (κ3) is 3.56. The zero-order valence-electron chi connectivity index (χ0n) is 13.7. The summed E-state index contributed by atoms with van der Waals surface area (Å²) in [7, 11) is -7.29. The largest absolute Gasteiger partial charge is 0.460 e. The van der Waals surface area contributed by atoms with Gasteiger partial charge in [-0.05, 0) is 0 Å². The lowest BCUT2D eigenvalue weighted by molar-refractivity contribution is -0.447. The zero-order valence-corrected chi connectivity index (χ0v) is 14.5. The minimum atomic E-state index is -8.57. The van der Waals surface area contributed by atoms with Crippen LogP contribution in [0.4, 0.5) is 65.9 Å². The van der Waals surface area contributed by atoms with Crippen molar-refractivity contribution in [1.82, 2.24) is 4.31 Å². The van der Waals surface area contributed by atoms with E-state index in [4.69, 9.17) is 5.11 Å². The Morgan fingerprint density at radius 3 is 1.23 bits per heavy atom. The van der Waals surface area contributed by atoms with E-state index in [0.717, 1.165) is 0 Å². The zero-order chi connectivity index (χ0) is 25.0. The molecule has 0 aromatic heterocycles. The lowest BCUT2D eigenvalue weighted by Crippen LogP contribution is -2.73. The first-order chi connectivity index (χ1) is 12.7. The molecule has 0 amide bonds. The fourth-order valence-corrected chi connectivity index (χ4v) is 2.74. The maximum absolute atomic E-state index is 13.6. The molecule has 0 aromatic carbocycles. The van der Waals surface area contributed by atoms with Crippen LogP contribution in [0.1, 0.15) is 0 Å². The monoisotopic (exact) mass is 507 g/mol. The van der Waals surface area contributed by atoms with Crippen molar-refractivity contribution in [3.63, 3.8) is 0 Å². The first-order valence-corrected chi connectivity index (χ1v) is 8.07. The summed E-state index contributed by atoms with van der Waals surface area (Å²) in [4.78, 5) is 0. The number of halogens is 15. The van der Waals surface area contributed by atoms with Crippen LogP contribution in [0.25, 0.3) is 0 Å². The molecule has 0 aliphatic carbocycles. The summed E-state index contributed by atoms with van der Waals surface area (Å²) >= 11 is 0. The van der Waals surface area contributed by atoms with Gasteiger partial charge in [-0.15, -0.1) is 0 Å². The minimum absolute atomic E-state index is 0.0990. The Morgan fingerprint density at radius 2 is 0.933 bits per heavy atom. The second-order valence-corrected chi connectivity index (χ2v) is 7.52. The van der Waals surface area contributed by atoms with Crippen molar-refractivity contribution in [2.24, 2.45) is 0 Å². The van der Waals surface area contributed by atoms with Crippen LogP contribution < -0.4 is 0 Å². The average molecular weight is 507 g/mol. The van der Waals surface area contributed by atoms with Crippen LogP contribution in [0.2, 0.25) is 0 Å². The molecular formula is C10H8F15NO3S. The van der Waals surface area contributed by atoms with Gasteiger partial charge in [0.25, 0.3) is 10.0 Å². The standard InChI is InChI=1S/C10H8F15NO3S/c1-26(2-3-27)30(28,29)10(24,25)8(19,20)6(15,16)4(11,12)5(13,14)7(17,18)9(21,22)23/h27H,2-3H2,1H3. The van der Waals surface area contributed by atoms with Crippen LogP contribution in [0.3, 0.4) is 0 Å². The third-order valence-electron chi connectivity index (χ3n) is 3.45. The highest BCUT2D eigenvalue weighted by Crippen LogP contribution is 2.63. The summed E-state index contributed by atoms with van der Waals surface area (Å²) in [5.41, 5.74) is 0. The Labute approximate surface area is 156 Å². The van der Waals surface area contributed by atoms with Gasteiger partial charge >= 0.3 is 41.0 Å². The van der Waals surface area contributed by atoms with Crippen molar-refractivity contribution in [2.75, 3.05) is 20.2 Å². The summed E-state index contributed by atoms with van der Waals surface area (Å²) < 4.78 is 216. The molecule has 0 saturated carbocycles. The Morgan fingerprint density at radius 1 is 0.633 bits per heavy atom. The number of rotatable bonds is 9. The molecule has 20 heteroatoms. The smallest absolute Gasteiger partial charge is 0.395 e. The highest BCUT2D eigenvalue weighted by Gasteiger charge is 2.94. The highest BCUT2D eigenvalue weighted by atomic mass is 32.2. The van der Waals surface area contributed by atoms with E-state index in [1.54, 1.807) is 0 Å². The number of alkyl halides is 15. The second kappa shape index (κ2) is 7.45. The molecule has 0 aliphatic heterocycles. The SMILES string of the molecule is CN(CCO)S(=O)(=O)C(F)(F)C(F)(F)C(F)(F)C(F)(F)C(F)(F)C(F)(F)C(F)(F)F. The van der Waals surface area contributed by atoms with Crippen LogP contribution in [-0.2, 0) is 10.0 Å². The molecule has 0 saturated heterocycles. The molecule has 0 atom stereocenters. The van der Waals surface area contributed by atoms with E-state index in [9.17, 15) is 74.3 Å². The molecule has 0 aromatic rings. The summed E-state index contributed by atoms with van der Waals surface area (Å²) in [6, 6.07) is 0. The van der Waals surface area contributed by atoms with Gasteiger partial charge < -0.3 is 5.11 Å². The lowest BCUT2D eigenvalue weighted by atomic mass is 9.94. The Balaban J connectivity index is 6.78. The molecule has 0 fully saturated rings. The number of sulfonamides is 1. The average Bonchev–Trinajstić information content (AvgIpc) is 2.52. The molecule has 0 rings (SSSR count). The van der Waals surface area contributed by atoms with E-state index in [1.165, 1.54) is 0 Å². The first kappa shape index (κ1) is 28.8. The van der Waals surface area contributed by atoms with Crippen LogP contribution >= 0.6 is 0 Å². The van der Waals surface area contributed by atoms with Gasteiger partial charge in [-0.3, -0.25) is 0 Å². The van der Waals surface area contributed by atoms with Crippen LogP contribution in [0.15, 0.2) is 0 Å². The maximum Gasteiger partial charge on any atom is 0.460 e. The maximum atomic E-state index is 13.6. The predicted octanol–water partition coefficient (Wildman–Crippen LogP) is 3.57. The quantitative estimate of drug-likeness (QED) is 0.486. The number of likely N-dealkylation sites (N-methyl/N-ethyl adjacent to an activating group) is 1. The van der Waals surface area contributed by atoms with Crippen molar-refractivity contribution >= 4 is 10.0 Å². The van der Waals surface area contributed by atoms with E-state index in [1.807, 2.05) is 0 Å². The molecule has 0 spiro atoms. The van der Waals surface area contributed by atoms with E-state index in [-0.39, 0.29) is 7.05 Å². The van der Waals surface area contributed by atoms with Crippen molar-refractivity contribution in [1.29, 1.82) is 0 Å². The summed E-state index contributed by atoms with van der Waals surface area (Å²) in [6.07, 6.45) is -7.75. The van der Waals surface area contributed by atoms with Crippen molar-refractivity contribution in [3.8, 4) is 0 Å². The van der Waals surface area contributed by atoms with Gasteiger partial charge in [0.2, 0.25) is 0 Å². The highest BCUT2D eigenvalue weighted by molar-refractivity contribution is 7.90. The molecule has 1 N–H and O–H groups in total. The molecular weight excluding hydrogens is 499 g/mol. The summed E-state index contributed by atoms with van der Waals surface area (Å²) in [5, 5.41) is 0.877. The Bertz CT molecular complexity index is 729. The number of nitrogens with zero attached hydrogens (tertiary/aromatic N) is 1. The molecule has 4 nitrogen and oxygen atoms in total. The number of hydrogen-bond acceptors (Lipinski definition) is 3. The summed E-state index contributed by atoms with van der Waals surface area (Å²) in [5.74, 6) is -41.8. The van der Waals surface area contributed by atoms with E-state index < -0.39 is 68.5 Å². The van der Waals surface area contributed by atoms with Gasteiger partial charge in [-0.2, -0.15) is 70.2 Å². The van der Waals surface area contributed by atoms with Gasteiger partial charge in [0.1, 0.15) is 0 Å². The molecule has 0 radical (unpaired) electrons. The first-order valence-electron chi connectivity index (χ1n) is 6.63. The lowest BCUT2D eigenvalue weighted by Gasteiger charge is -2.41. The number of aliphatic hydroxyl groups is 1. The minimum Gasteiger partial charge on any atom is -0.395 e. The van der Waals surface area contributed by atoms with Crippen LogP contribution in [-0.4, -0.2) is 79.1 Å². The van der Waals surface area contributed by atoms with Crippen LogP contribution in [0.5, 0.6) is 0 Å². The fourth-order valence-electron chi connectivity index (χ4n) is 1.57. The van der Waals surface area contributed by atoms with E-state index in [0.29, 0.717) is 0 Å². The molecule has 0 aliphatic rings. The van der Waals surface area contributed by atoms with Crippen molar-refractivity contribution < 1.29 is 79.4 Å². The number of aliphatic hydroxyl groups excluding tert-OH is 1. The van der Waals surface area contributed by atoms with Crippen LogP contribution in [0, 0.1) is 0 Å². The molecule has 182 valence electrons. The molecule has 0 unspecified atom stereocenters. The van der Waals surface area contributed by atoms with E-state index in [2.05, 4.69) is 0 Å². The molecule has 0 bridgehead atoms. The van der Waals surface area contributed by atoms with Gasteiger partial charge in [-0.1, -0.05) is 0 Å².